The number of methoxy groups -OCH3 is 1. The molecule has 0 aliphatic rings. The van der Waals surface area contributed by atoms with Gasteiger partial charge >= 0.3 is 5.97 Å². The van der Waals surface area contributed by atoms with E-state index in [9.17, 15) is 18.0 Å². The van der Waals surface area contributed by atoms with Crippen molar-refractivity contribution in [2.45, 2.75) is 31.2 Å². The summed E-state index contributed by atoms with van der Waals surface area (Å²) in [5.74, 6) is -0.444. The van der Waals surface area contributed by atoms with Gasteiger partial charge < -0.3 is 14.8 Å². The van der Waals surface area contributed by atoms with Crippen LogP contribution in [0.5, 0.6) is 5.75 Å². The van der Waals surface area contributed by atoms with E-state index in [-0.39, 0.29) is 11.3 Å². The molecule has 8 nitrogen and oxygen atoms in total. The van der Waals surface area contributed by atoms with Crippen LogP contribution < -0.4 is 15.2 Å². The maximum atomic E-state index is 12.1. The fourth-order valence-corrected chi connectivity index (χ4v) is 3.23. The summed E-state index contributed by atoms with van der Waals surface area (Å²) in [6.45, 7) is 3.20. The Kier molecular flexibility index (Phi) is 7.35. The minimum absolute atomic E-state index is 0.0112. The molecule has 2 rings (SSSR count). The number of hydrogen-bond donors (Lipinski definition) is 2. The highest BCUT2D eigenvalue weighted by molar-refractivity contribution is 7.89. The minimum Gasteiger partial charge on any atom is -0.496 e. The predicted molar refractivity (Wildman–Crippen MR) is 107 cm³/mol. The zero-order chi connectivity index (χ0) is 21.6. The van der Waals surface area contributed by atoms with E-state index in [2.05, 4.69) is 5.32 Å². The smallest absolute Gasteiger partial charge is 0.310 e. The van der Waals surface area contributed by atoms with Gasteiger partial charge in [-0.15, -0.1) is 0 Å². The summed E-state index contributed by atoms with van der Waals surface area (Å²) >= 11 is 0. The molecule has 0 saturated carbocycles. The Morgan fingerprint density at radius 2 is 1.79 bits per heavy atom. The molecule has 0 spiro atoms. The van der Waals surface area contributed by atoms with Crippen molar-refractivity contribution in [1.82, 2.24) is 5.32 Å². The Hall–Kier alpha value is -2.91. The number of sulfonamides is 1. The highest BCUT2D eigenvalue weighted by atomic mass is 32.2. The molecule has 2 aromatic rings. The summed E-state index contributed by atoms with van der Waals surface area (Å²) < 4.78 is 32.8. The van der Waals surface area contributed by atoms with Crippen LogP contribution in [0, 0.1) is 6.92 Å². The summed E-state index contributed by atoms with van der Waals surface area (Å²) in [6, 6.07) is 10.9. The van der Waals surface area contributed by atoms with Gasteiger partial charge in [0.15, 0.2) is 6.61 Å². The maximum Gasteiger partial charge on any atom is 0.310 e. The van der Waals surface area contributed by atoms with Gasteiger partial charge in [0.05, 0.1) is 24.5 Å². The molecule has 29 heavy (non-hydrogen) atoms. The van der Waals surface area contributed by atoms with Gasteiger partial charge in [0.2, 0.25) is 10.0 Å². The van der Waals surface area contributed by atoms with Crippen LogP contribution in [0.4, 0.5) is 0 Å². The Bertz CT molecular complexity index is 987. The lowest BCUT2D eigenvalue weighted by atomic mass is 10.1. The summed E-state index contributed by atoms with van der Waals surface area (Å²) in [4.78, 5) is 24.1. The molecule has 3 N–H and O–H groups in total. The van der Waals surface area contributed by atoms with Crippen LogP contribution in [0.3, 0.4) is 0 Å². The van der Waals surface area contributed by atoms with Crippen LogP contribution in [0.1, 0.15) is 29.7 Å². The zero-order valence-electron chi connectivity index (χ0n) is 16.5. The van der Waals surface area contributed by atoms with E-state index < -0.39 is 34.5 Å². The Morgan fingerprint density at radius 1 is 1.14 bits per heavy atom. The fraction of sp³-hybridized carbons (Fsp3) is 0.300. The van der Waals surface area contributed by atoms with Gasteiger partial charge in [-0.3, -0.25) is 9.59 Å². The number of nitrogens with one attached hydrogen (secondary N) is 1. The second kappa shape index (κ2) is 9.53. The van der Waals surface area contributed by atoms with Crippen LogP contribution in [0.2, 0.25) is 0 Å². The van der Waals surface area contributed by atoms with E-state index in [0.29, 0.717) is 16.9 Å². The molecular formula is C20H24N2O6S. The molecule has 1 atom stereocenters. The largest absolute Gasteiger partial charge is 0.496 e. The van der Waals surface area contributed by atoms with E-state index in [0.717, 1.165) is 5.56 Å². The van der Waals surface area contributed by atoms with Gasteiger partial charge in [0.25, 0.3) is 5.91 Å². The van der Waals surface area contributed by atoms with Gasteiger partial charge in [-0.2, -0.15) is 0 Å². The number of carbonyl (C=O) groups is 2. The van der Waals surface area contributed by atoms with Gasteiger partial charge in [-0.05, 0) is 37.6 Å². The second-order valence-electron chi connectivity index (χ2n) is 6.56. The highest BCUT2D eigenvalue weighted by Crippen LogP contribution is 2.20. The molecule has 0 radical (unpaired) electrons. The van der Waals surface area contributed by atoms with E-state index in [1.54, 1.807) is 25.1 Å². The number of aryl methyl sites for hydroxylation is 1. The number of amides is 1. The number of esters is 1. The molecule has 0 bridgehead atoms. The van der Waals surface area contributed by atoms with Crippen molar-refractivity contribution in [3.8, 4) is 5.75 Å². The summed E-state index contributed by atoms with van der Waals surface area (Å²) in [5.41, 5.74) is 2.34. The van der Waals surface area contributed by atoms with E-state index in [1.165, 1.54) is 19.2 Å². The number of ether oxygens (including phenoxy) is 2. The van der Waals surface area contributed by atoms with E-state index >= 15 is 0 Å². The molecule has 0 saturated heterocycles. The lowest BCUT2D eigenvalue weighted by Gasteiger charge is -2.15. The third-order valence-electron chi connectivity index (χ3n) is 4.22. The Balaban J connectivity index is 1.87. The van der Waals surface area contributed by atoms with Crippen molar-refractivity contribution in [1.29, 1.82) is 0 Å². The zero-order valence-corrected chi connectivity index (χ0v) is 17.3. The average molecular weight is 420 g/mol. The lowest BCUT2D eigenvalue weighted by Crippen LogP contribution is -2.31. The average Bonchev–Trinajstić information content (AvgIpc) is 2.66. The van der Waals surface area contributed by atoms with Crippen molar-refractivity contribution < 1.29 is 27.5 Å². The highest BCUT2D eigenvalue weighted by Gasteiger charge is 2.15. The molecule has 1 amide bonds. The predicted octanol–water partition coefficient (Wildman–Crippen LogP) is 1.61. The van der Waals surface area contributed by atoms with Gasteiger partial charge in [-0.1, -0.05) is 29.8 Å². The van der Waals surface area contributed by atoms with Crippen molar-refractivity contribution in [3.63, 3.8) is 0 Å². The number of carbonyl (C=O) groups excluding carboxylic acids is 2. The molecule has 0 aliphatic heterocycles. The second-order valence-corrected chi connectivity index (χ2v) is 8.12. The number of benzene rings is 2. The fourth-order valence-electron chi connectivity index (χ4n) is 2.71. The Morgan fingerprint density at radius 3 is 2.38 bits per heavy atom. The molecule has 0 unspecified atom stereocenters. The monoisotopic (exact) mass is 420 g/mol. The summed E-state index contributed by atoms with van der Waals surface area (Å²) in [6.07, 6.45) is -0.0112. The van der Waals surface area contributed by atoms with Crippen LogP contribution in [0.15, 0.2) is 47.4 Å². The molecule has 0 aliphatic carbocycles. The number of rotatable bonds is 8. The van der Waals surface area contributed by atoms with Crippen LogP contribution in [-0.2, 0) is 30.8 Å². The van der Waals surface area contributed by atoms with Crippen LogP contribution >= 0.6 is 0 Å². The van der Waals surface area contributed by atoms with Crippen molar-refractivity contribution in [2.75, 3.05) is 13.7 Å². The number of hydrogen-bond acceptors (Lipinski definition) is 6. The topological polar surface area (TPSA) is 125 Å². The van der Waals surface area contributed by atoms with Crippen molar-refractivity contribution in [2.24, 2.45) is 5.14 Å². The summed E-state index contributed by atoms with van der Waals surface area (Å²) in [5, 5.41) is 7.74. The Labute approximate surface area is 170 Å². The first kappa shape index (κ1) is 22.4. The third-order valence-corrected chi connectivity index (χ3v) is 5.15. The molecule has 0 aromatic heterocycles. The first-order chi connectivity index (χ1) is 13.6. The van der Waals surface area contributed by atoms with Gasteiger partial charge in [0.1, 0.15) is 5.75 Å². The number of nitrogens with two attached hydrogens (primary N) is 1. The lowest BCUT2D eigenvalue weighted by molar-refractivity contribution is -0.148. The van der Waals surface area contributed by atoms with Crippen LogP contribution in [0.25, 0.3) is 0 Å². The van der Waals surface area contributed by atoms with Crippen molar-refractivity contribution in [3.05, 3.63) is 59.2 Å². The molecule has 0 heterocycles. The van der Waals surface area contributed by atoms with E-state index in [4.69, 9.17) is 14.6 Å². The van der Waals surface area contributed by atoms with E-state index in [1.807, 2.05) is 19.1 Å². The van der Waals surface area contributed by atoms with Gasteiger partial charge in [0, 0.05) is 5.56 Å². The minimum atomic E-state index is -3.77. The van der Waals surface area contributed by atoms with Crippen molar-refractivity contribution >= 4 is 21.9 Å². The summed E-state index contributed by atoms with van der Waals surface area (Å²) in [7, 11) is -2.26. The molecule has 0 fully saturated rings. The molecule has 2 aromatic carbocycles. The standard InChI is InChI=1S/C20H24N2O6S/c1-13-4-9-18(27-3)16(10-13)11-20(24)28-12-19(23)22-14(2)15-5-7-17(8-6-15)29(21,25)26/h4-10,14H,11-12H2,1-3H3,(H,22,23)(H2,21,25,26)/t14-/m0/s1. The maximum absolute atomic E-state index is 12.1. The normalized spacial score (nSPS) is 12.1. The third kappa shape index (κ3) is 6.58. The number of primary sulfonamides is 1. The molecular weight excluding hydrogens is 396 g/mol. The molecule has 9 heteroatoms. The van der Waals surface area contributed by atoms with Gasteiger partial charge in [-0.25, -0.2) is 13.6 Å². The molecule has 156 valence electrons. The first-order valence-corrected chi connectivity index (χ1v) is 10.4. The quantitative estimate of drug-likeness (QED) is 0.625. The first-order valence-electron chi connectivity index (χ1n) is 8.81. The van der Waals surface area contributed by atoms with Crippen LogP contribution in [-0.4, -0.2) is 34.0 Å². The SMILES string of the molecule is COc1ccc(C)cc1CC(=O)OCC(=O)N[C@@H](C)c1ccc(S(N)(=O)=O)cc1.